The molecular weight excluding hydrogens is 618 g/mol. The molecule has 0 unspecified atom stereocenters. The molecule has 47 heavy (non-hydrogen) atoms. The molecule has 2 rings (SSSR count). The van der Waals surface area contributed by atoms with Gasteiger partial charge in [-0.2, -0.15) is 0 Å². The van der Waals surface area contributed by atoms with Gasteiger partial charge in [-0.25, -0.2) is 8.42 Å². The van der Waals surface area contributed by atoms with Crippen LogP contribution in [0.5, 0.6) is 0 Å². The lowest BCUT2D eigenvalue weighted by atomic mass is 9.74. The van der Waals surface area contributed by atoms with Gasteiger partial charge in [0.2, 0.25) is 27.5 Å². The fourth-order valence-corrected chi connectivity index (χ4v) is 4.72. The Bertz CT molecular complexity index is 1250. The number of carbonyl (C=O) groups is 2. The molecule has 272 valence electrons. The van der Waals surface area contributed by atoms with E-state index >= 15 is 0 Å². The number of ether oxygens (including phenoxy) is 1. The Labute approximate surface area is 285 Å². The van der Waals surface area contributed by atoms with Crippen molar-refractivity contribution in [2.45, 2.75) is 114 Å². The smallest absolute Gasteiger partial charge is 0.335 e. The summed E-state index contributed by atoms with van der Waals surface area (Å²) in [4.78, 5) is 26.0. The number of hydrogen-bond donors (Lipinski definition) is 3. The topological polar surface area (TPSA) is 153 Å². The molecule has 0 saturated heterocycles. The minimum Gasteiger partial charge on any atom is -0.408 e. The fraction of sp³-hybridized carbons (Fsp3) is 0.714. The summed E-state index contributed by atoms with van der Waals surface area (Å²) in [6.45, 7) is 26.7. The van der Waals surface area contributed by atoms with E-state index in [2.05, 4.69) is 46.9 Å². The van der Waals surface area contributed by atoms with Gasteiger partial charge < -0.3 is 25.1 Å². The van der Waals surface area contributed by atoms with E-state index in [1.54, 1.807) is 24.3 Å². The number of sulfone groups is 1. The normalized spacial score (nSPS) is 11.5. The van der Waals surface area contributed by atoms with E-state index in [0.29, 0.717) is 37.4 Å². The van der Waals surface area contributed by atoms with Crippen molar-refractivity contribution in [3.63, 3.8) is 0 Å². The quantitative estimate of drug-likeness (QED) is 0.157. The van der Waals surface area contributed by atoms with Crippen molar-refractivity contribution in [1.82, 2.24) is 20.8 Å². The molecule has 3 N–H and O–H groups in total. The molecule has 11 nitrogen and oxygen atoms in total. The van der Waals surface area contributed by atoms with Gasteiger partial charge in [0.15, 0.2) is 0 Å². The number of unbranched alkanes of at least 4 members (excludes halogenated alkanes) is 1. The minimum atomic E-state index is -3.60. The van der Waals surface area contributed by atoms with E-state index in [4.69, 9.17) is 9.15 Å². The maximum absolute atomic E-state index is 13.1. The molecule has 0 aliphatic heterocycles. The van der Waals surface area contributed by atoms with Gasteiger partial charge in [0.1, 0.15) is 0 Å². The number of nitrogens with one attached hydrogen (secondary N) is 3. The summed E-state index contributed by atoms with van der Waals surface area (Å²) < 4.78 is 33.8. The Morgan fingerprint density at radius 1 is 0.872 bits per heavy atom. The van der Waals surface area contributed by atoms with Crippen LogP contribution >= 0.6 is 0 Å². The molecular formula is C35H65N5O6S. The van der Waals surface area contributed by atoms with Crippen LogP contribution in [0.1, 0.15) is 109 Å². The highest BCUT2D eigenvalue weighted by atomic mass is 32.2. The van der Waals surface area contributed by atoms with Gasteiger partial charge in [0.25, 0.3) is 0 Å². The highest BCUT2D eigenvalue weighted by Gasteiger charge is 2.39. The van der Waals surface area contributed by atoms with Crippen LogP contribution in [0.3, 0.4) is 0 Å². The lowest BCUT2D eigenvalue weighted by Gasteiger charge is -2.33. The van der Waals surface area contributed by atoms with Gasteiger partial charge in [-0.1, -0.05) is 87.7 Å². The molecule has 1 heterocycles. The van der Waals surface area contributed by atoms with Crippen molar-refractivity contribution >= 4 is 27.3 Å². The number of anilines is 1. The van der Waals surface area contributed by atoms with Crippen LogP contribution in [0.2, 0.25) is 0 Å². The number of hydrogen-bond acceptors (Lipinski definition) is 9. The van der Waals surface area contributed by atoms with Gasteiger partial charge in [-0.3, -0.25) is 9.59 Å². The second-order valence-electron chi connectivity index (χ2n) is 12.9. The van der Waals surface area contributed by atoms with E-state index in [9.17, 15) is 18.0 Å². The van der Waals surface area contributed by atoms with Gasteiger partial charge in [0, 0.05) is 41.5 Å². The number of aromatic nitrogens is 2. The minimum absolute atomic E-state index is 0.0400. The number of amides is 2. The molecule has 1 aromatic carbocycles. The number of benzene rings is 1. The van der Waals surface area contributed by atoms with Crippen molar-refractivity contribution in [2.75, 3.05) is 44.9 Å². The Morgan fingerprint density at radius 3 is 1.87 bits per heavy atom. The number of carbonyl (C=O) groups excluding carboxylic acids is 2. The van der Waals surface area contributed by atoms with Crippen LogP contribution in [0.4, 0.5) is 5.69 Å². The van der Waals surface area contributed by atoms with Gasteiger partial charge in [-0.15, -0.1) is 5.10 Å². The standard InChI is InChI=1S/C26H40N4O6S.C5H13N.2C2H6/c1-9-35-17-24(2,3)14-15-27-21(31)25(4,5)16-26(6,7)22(32)28-19-12-10-18(11-13-19)20-29-30-23(36-20)37(8,33)34;1-3-4-5-6-2;2*1-2/h10-13H,9,14-17H2,1-8H3,(H,27,31)(H,28,32);6H,3-5H2,1-2H3;2*1-2H3. The molecule has 0 bridgehead atoms. The predicted molar refractivity (Wildman–Crippen MR) is 193 cm³/mol. The van der Waals surface area contributed by atoms with Crippen molar-refractivity contribution in [3.8, 4) is 11.5 Å². The summed E-state index contributed by atoms with van der Waals surface area (Å²) in [5.41, 5.74) is -0.568. The van der Waals surface area contributed by atoms with Crippen molar-refractivity contribution < 1.29 is 27.2 Å². The van der Waals surface area contributed by atoms with Crippen LogP contribution in [-0.2, 0) is 24.2 Å². The summed E-state index contributed by atoms with van der Waals surface area (Å²) in [7, 11) is -1.62. The first-order valence-electron chi connectivity index (χ1n) is 16.8. The lowest BCUT2D eigenvalue weighted by molar-refractivity contribution is -0.133. The zero-order valence-electron chi connectivity index (χ0n) is 31.7. The summed E-state index contributed by atoms with van der Waals surface area (Å²) in [5.74, 6) is -0.262. The average molecular weight is 684 g/mol. The van der Waals surface area contributed by atoms with Crippen LogP contribution in [-0.4, -0.2) is 70.0 Å². The third kappa shape index (κ3) is 18.3. The van der Waals surface area contributed by atoms with Gasteiger partial charge >= 0.3 is 5.22 Å². The van der Waals surface area contributed by atoms with Crippen LogP contribution < -0.4 is 16.0 Å². The van der Waals surface area contributed by atoms with Crippen molar-refractivity contribution in [3.05, 3.63) is 24.3 Å². The third-order valence-electron chi connectivity index (χ3n) is 6.79. The Hall–Kier alpha value is -2.83. The maximum atomic E-state index is 13.1. The zero-order chi connectivity index (χ0) is 36.9. The fourth-order valence-electron chi connectivity index (χ4n) is 4.30. The first-order chi connectivity index (χ1) is 21.9. The summed E-state index contributed by atoms with van der Waals surface area (Å²) >= 11 is 0. The molecule has 0 fully saturated rings. The van der Waals surface area contributed by atoms with Gasteiger partial charge in [0.05, 0.1) is 6.61 Å². The van der Waals surface area contributed by atoms with Crippen LogP contribution in [0.25, 0.3) is 11.5 Å². The SMILES string of the molecule is CC.CC.CCCCNC.CCOCC(C)(C)CCNC(=O)C(C)(C)CC(C)(C)C(=O)Nc1ccc(-c2nnc(S(C)(=O)=O)o2)cc1. The maximum Gasteiger partial charge on any atom is 0.335 e. The molecule has 0 atom stereocenters. The van der Waals surface area contributed by atoms with Crippen molar-refractivity contribution in [2.24, 2.45) is 16.2 Å². The van der Waals surface area contributed by atoms with Gasteiger partial charge in [-0.05, 0) is 69.5 Å². The summed E-state index contributed by atoms with van der Waals surface area (Å²) in [6, 6.07) is 6.62. The molecule has 2 amide bonds. The molecule has 0 spiro atoms. The van der Waals surface area contributed by atoms with E-state index in [1.807, 2.05) is 69.4 Å². The average Bonchev–Trinajstić information content (AvgIpc) is 3.52. The van der Waals surface area contributed by atoms with Crippen LogP contribution in [0, 0.1) is 16.2 Å². The molecule has 12 heteroatoms. The Kier molecular flexibility index (Phi) is 22.3. The van der Waals surface area contributed by atoms with E-state index < -0.39 is 25.9 Å². The summed E-state index contributed by atoms with van der Waals surface area (Å²) in [5, 5.41) is 15.8. The monoisotopic (exact) mass is 683 g/mol. The van der Waals surface area contributed by atoms with E-state index in [0.717, 1.165) is 19.2 Å². The molecule has 2 aromatic rings. The summed E-state index contributed by atoms with van der Waals surface area (Å²) in [6.07, 6.45) is 4.71. The Morgan fingerprint density at radius 2 is 1.43 bits per heavy atom. The Balaban J connectivity index is 0. The predicted octanol–water partition coefficient (Wildman–Crippen LogP) is 7.15. The van der Waals surface area contributed by atoms with Crippen LogP contribution in [0.15, 0.2) is 33.9 Å². The van der Waals surface area contributed by atoms with Crippen molar-refractivity contribution in [1.29, 1.82) is 0 Å². The molecule has 0 saturated carbocycles. The lowest BCUT2D eigenvalue weighted by Crippen LogP contribution is -2.43. The molecule has 0 radical (unpaired) electrons. The molecule has 0 aliphatic rings. The molecule has 0 aliphatic carbocycles. The third-order valence-corrected chi connectivity index (χ3v) is 7.59. The zero-order valence-corrected chi connectivity index (χ0v) is 32.5. The highest BCUT2D eigenvalue weighted by Crippen LogP contribution is 2.35. The first-order valence-corrected chi connectivity index (χ1v) is 18.7. The second kappa shape index (κ2) is 22.7. The number of rotatable bonds is 16. The second-order valence-corrected chi connectivity index (χ2v) is 14.8. The number of nitrogens with zero attached hydrogens (tertiary/aromatic N) is 2. The van der Waals surface area contributed by atoms with E-state index in [-0.39, 0.29) is 23.1 Å². The molecule has 1 aromatic heterocycles. The highest BCUT2D eigenvalue weighted by molar-refractivity contribution is 7.90. The van der Waals surface area contributed by atoms with E-state index in [1.165, 1.54) is 12.8 Å². The first kappa shape index (κ1) is 46.3. The largest absolute Gasteiger partial charge is 0.408 e.